The molecule has 8 rings (SSSR count). The third-order valence-electron chi connectivity index (χ3n) is 8.76. The van der Waals surface area contributed by atoms with Crippen LogP contribution < -0.4 is 10.3 Å². The molecular weight excluding hydrogens is 534 g/mol. The number of halogens is 1. The largest absolute Gasteiger partial charge is 0.274 e. The van der Waals surface area contributed by atoms with Gasteiger partial charge in [0.15, 0.2) is 0 Å². The first kappa shape index (κ1) is 25.4. The lowest BCUT2D eigenvalue weighted by atomic mass is 9.47. The molecule has 3 amide bonds. The topological polar surface area (TPSA) is 78.8 Å². The monoisotopic (exact) mass is 559 g/mol. The SMILES string of the molecule is Cc1ccc(Cl)cc1N1C(=O)[C@@H]2C3c4ccccc4C(/C=N\NC(=O)Cc4ccccc4)(c4ccccc43)[C@H]2C1=O. The molecule has 202 valence electrons. The summed E-state index contributed by atoms with van der Waals surface area (Å²) < 4.78 is 0. The maximum Gasteiger partial charge on any atom is 0.244 e. The Bertz CT molecular complexity index is 1720. The molecule has 0 spiro atoms. The fourth-order valence-electron chi connectivity index (χ4n) is 7.14. The number of imide groups is 1. The number of hydrogen-bond acceptors (Lipinski definition) is 4. The number of carbonyl (C=O) groups excluding carboxylic acids is 3. The third kappa shape index (κ3) is 3.71. The van der Waals surface area contributed by atoms with Crippen LogP contribution in [0.4, 0.5) is 5.69 Å². The first-order valence-corrected chi connectivity index (χ1v) is 14.0. The first-order valence-electron chi connectivity index (χ1n) is 13.6. The third-order valence-corrected chi connectivity index (χ3v) is 9.00. The number of aryl methyl sites for hydroxylation is 1. The van der Waals surface area contributed by atoms with Crippen molar-refractivity contribution in [2.75, 3.05) is 4.90 Å². The molecule has 1 aliphatic heterocycles. The zero-order valence-electron chi connectivity index (χ0n) is 22.3. The minimum absolute atomic E-state index is 0.172. The highest BCUT2D eigenvalue weighted by molar-refractivity contribution is 6.31. The zero-order valence-corrected chi connectivity index (χ0v) is 23.0. The van der Waals surface area contributed by atoms with Crippen LogP contribution >= 0.6 is 11.6 Å². The van der Waals surface area contributed by atoms with E-state index in [0.717, 1.165) is 33.4 Å². The highest BCUT2D eigenvalue weighted by Gasteiger charge is 2.68. The van der Waals surface area contributed by atoms with Crippen LogP contribution in [0.25, 0.3) is 0 Å². The summed E-state index contributed by atoms with van der Waals surface area (Å²) >= 11 is 6.33. The van der Waals surface area contributed by atoms with Crippen molar-refractivity contribution in [1.29, 1.82) is 0 Å². The van der Waals surface area contributed by atoms with Crippen molar-refractivity contribution in [2.45, 2.75) is 24.7 Å². The number of nitrogens with one attached hydrogen (secondary N) is 1. The van der Waals surface area contributed by atoms with Crippen LogP contribution in [0.15, 0.2) is 102 Å². The van der Waals surface area contributed by atoms with Crippen LogP contribution in [0.5, 0.6) is 0 Å². The number of hydrogen-bond donors (Lipinski definition) is 1. The summed E-state index contributed by atoms with van der Waals surface area (Å²) in [6.07, 6.45) is 1.85. The number of amides is 3. The second-order valence-corrected chi connectivity index (χ2v) is 11.4. The van der Waals surface area contributed by atoms with Gasteiger partial charge in [0.05, 0.1) is 29.4 Å². The highest BCUT2D eigenvalue weighted by atomic mass is 35.5. The molecule has 4 aliphatic rings. The molecule has 1 heterocycles. The van der Waals surface area contributed by atoms with E-state index in [4.69, 9.17) is 11.6 Å². The Morgan fingerprint density at radius 3 is 2.22 bits per heavy atom. The van der Waals surface area contributed by atoms with E-state index in [2.05, 4.69) is 10.5 Å². The van der Waals surface area contributed by atoms with Crippen molar-refractivity contribution in [3.63, 3.8) is 0 Å². The van der Waals surface area contributed by atoms with E-state index < -0.39 is 17.3 Å². The Balaban J connectivity index is 1.38. The Morgan fingerprint density at radius 1 is 0.902 bits per heavy atom. The van der Waals surface area contributed by atoms with Crippen LogP contribution in [0.1, 0.15) is 39.3 Å². The van der Waals surface area contributed by atoms with Gasteiger partial charge in [0, 0.05) is 17.2 Å². The van der Waals surface area contributed by atoms with Gasteiger partial charge < -0.3 is 0 Å². The van der Waals surface area contributed by atoms with Gasteiger partial charge in [-0.25, -0.2) is 10.3 Å². The Labute approximate surface area is 242 Å². The predicted molar refractivity (Wildman–Crippen MR) is 158 cm³/mol. The lowest BCUT2D eigenvalue weighted by Gasteiger charge is -2.52. The van der Waals surface area contributed by atoms with Gasteiger partial charge in [0.25, 0.3) is 0 Å². The Morgan fingerprint density at radius 2 is 1.54 bits per heavy atom. The van der Waals surface area contributed by atoms with E-state index in [1.807, 2.05) is 91.9 Å². The normalized spacial score (nSPS) is 23.9. The fourth-order valence-corrected chi connectivity index (χ4v) is 7.30. The molecule has 7 heteroatoms. The standard InChI is InChI=1S/C34H26ClN3O3/c1-20-15-16-22(35)18-27(20)38-32(40)30-29-23-11-5-7-13-25(23)34(31(30)33(38)41,26-14-8-6-12-24(26)29)19-36-37-28(39)17-21-9-3-2-4-10-21/h2-16,18-19,29-31H,17H2,1H3,(H,37,39)/b36-19-/t29?,30-,31-,34?/m1/s1. The summed E-state index contributed by atoms with van der Waals surface area (Å²) in [4.78, 5) is 42.9. The van der Waals surface area contributed by atoms with Gasteiger partial charge in [-0.3, -0.25) is 14.4 Å². The summed E-state index contributed by atoms with van der Waals surface area (Å²) in [6.45, 7) is 1.87. The molecule has 1 saturated heterocycles. The number of anilines is 1. The minimum Gasteiger partial charge on any atom is -0.274 e. The van der Waals surface area contributed by atoms with E-state index in [1.54, 1.807) is 18.3 Å². The van der Waals surface area contributed by atoms with Crippen LogP contribution in [0.2, 0.25) is 5.02 Å². The minimum atomic E-state index is -1.05. The highest BCUT2D eigenvalue weighted by Crippen LogP contribution is 2.63. The quantitative estimate of drug-likeness (QED) is 0.198. The first-order chi connectivity index (χ1) is 19.9. The van der Waals surface area contributed by atoms with E-state index in [9.17, 15) is 14.4 Å². The Kier molecular flexibility index (Phi) is 5.91. The van der Waals surface area contributed by atoms with Crippen LogP contribution in [-0.4, -0.2) is 23.9 Å². The van der Waals surface area contributed by atoms with Gasteiger partial charge in [-0.15, -0.1) is 0 Å². The molecule has 0 unspecified atom stereocenters. The molecule has 41 heavy (non-hydrogen) atoms. The van der Waals surface area contributed by atoms with Gasteiger partial charge in [-0.05, 0) is 52.4 Å². The number of nitrogens with zero attached hydrogens (tertiary/aromatic N) is 2. The average Bonchev–Trinajstić information content (AvgIpc) is 3.25. The second-order valence-electron chi connectivity index (χ2n) is 10.9. The maximum absolute atomic E-state index is 14.5. The van der Waals surface area contributed by atoms with Crippen LogP contribution in [0, 0.1) is 18.8 Å². The molecule has 4 aromatic rings. The molecule has 2 atom stereocenters. The molecule has 6 nitrogen and oxygen atoms in total. The molecule has 0 aromatic heterocycles. The fraction of sp³-hybridized carbons (Fsp3) is 0.176. The lowest BCUT2D eigenvalue weighted by molar-refractivity contribution is -0.123. The molecule has 4 aromatic carbocycles. The molecular formula is C34H26ClN3O3. The van der Waals surface area contributed by atoms with Crippen molar-refractivity contribution in [3.8, 4) is 0 Å². The van der Waals surface area contributed by atoms with Gasteiger partial charge in [-0.2, -0.15) is 5.10 Å². The maximum atomic E-state index is 14.5. The van der Waals surface area contributed by atoms with E-state index in [-0.39, 0.29) is 30.1 Å². The number of hydrazone groups is 1. The lowest BCUT2D eigenvalue weighted by Crippen LogP contribution is -2.54. The van der Waals surface area contributed by atoms with Crippen LogP contribution in [0.3, 0.4) is 0 Å². The zero-order chi connectivity index (χ0) is 28.3. The summed E-state index contributed by atoms with van der Waals surface area (Å²) in [7, 11) is 0. The van der Waals surface area contributed by atoms with Gasteiger partial charge in [0.1, 0.15) is 0 Å². The second kappa shape index (κ2) is 9.53. The van der Waals surface area contributed by atoms with E-state index >= 15 is 0 Å². The van der Waals surface area contributed by atoms with E-state index in [1.165, 1.54) is 4.90 Å². The van der Waals surface area contributed by atoms with Crippen LogP contribution in [-0.2, 0) is 26.2 Å². The van der Waals surface area contributed by atoms with Crippen molar-refractivity contribution < 1.29 is 14.4 Å². The molecule has 2 bridgehead atoms. The van der Waals surface area contributed by atoms with Crippen molar-refractivity contribution in [2.24, 2.45) is 16.9 Å². The van der Waals surface area contributed by atoms with Crippen molar-refractivity contribution in [1.82, 2.24) is 5.43 Å². The van der Waals surface area contributed by atoms with Gasteiger partial charge >= 0.3 is 0 Å². The molecule has 3 aliphatic carbocycles. The van der Waals surface area contributed by atoms with Crippen molar-refractivity contribution in [3.05, 3.63) is 135 Å². The molecule has 0 saturated carbocycles. The smallest absolute Gasteiger partial charge is 0.244 e. The van der Waals surface area contributed by atoms with E-state index in [0.29, 0.717) is 10.7 Å². The van der Waals surface area contributed by atoms with Gasteiger partial charge in [0.2, 0.25) is 17.7 Å². The van der Waals surface area contributed by atoms with Gasteiger partial charge in [-0.1, -0.05) is 96.5 Å². The van der Waals surface area contributed by atoms with Crippen molar-refractivity contribution >= 4 is 41.2 Å². The molecule has 0 radical (unpaired) electrons. The average molecular weight is 560 g/mol. The summed E-state index contributed by atoms with van der Waals surface area (Å²) in [5.74, 6) is -2.45. The number of rotatable bonds is 5. The summed E-state index contributed by atoms with van der Waals surface area (Å²) in [5.41, 5.74) is 7.64. The molecule has 1 N–H and O–H groups in total. The number of carbonyl (C=O) groups is 3. The number of benzene rings is 4. The Hall–Kier alpha value is -4.55. The summed E-state index contributed by atoms with van der Waals surface area (Å²) in [5, 5.41) is 4.93. The predicted octanol–water partition coefficient (Wildman–Crippen LogP) is 5.54. The summed E-state index contributed by atoms with van der Waals surface area (Å²) in [6, 6.07) is 30.6. The molecule has 1 fully saturated rings.